The number of halogens is 1. The summed E-state index contributed by atoms with van der Waals surface area (Å²) in [5, 5.41) is 0.998. The maximum atomic E-state index is 14.4. The second-order valence-corrected chi connectivity index (χ2v) is 6.82. The zero-order valence-electron chi connectivity index (χ0n) is 14.5. The van der Waals surface area contributed by atoms with Crippen LogP contribution >= 0.6 is 0 Å². The Bertz CT molecular complexity index is 1130. The Morgan fingerprint density at radius 3 is 2.73 bits per heavy atom. The Morgan fingerprint density at radius 2 is 1.88 bits per heavy atom. The summed E-state index contributed by atoms with van der Waals surface area (Å²) in [6, 6.07) is 7.54. The molecule has 0 bridgehead atoms. The topological polar surface area (TPSA) is 46.3 Å². The number of anilines is 1. The van der Waals surface area contributed by atoms with Gasteiger partial charge in [0.25, 0.3) is 0 Å². The van der Waals surface area contributed by atoms with Crippen molar-refractivity contribution in [3.05, 3.63) is 54.4 Å². The number of aryl methyl sites for hydroxylation is 1. The number of imidazole rings is 1. The summed E-state index contributed by atoms with van der Waals surface area (Å²) in [7, 11) is 0. The van der Waals surface area contributed by atoms with E-state index in [1.165, 1.54) is 18.9 Å². The number of fused-ring (bicyclic) bond motifs is 2. The molecule has 4 aromatic rings. The minimum Gasteiger partial charge on any atom is -0.370 e. The highest BCUT2D eigenvalue weighted by Crippen LogP contribution is 2.26. The fourth-order valence-electron chi connectivity index (χ4n) is 3.63. The van der Waals surface area contributed by atoms with Gasteiger partial charge in [-0.3, -0.25) is 0 Å². The van der Waals surface area contributed by atoms with Crippen LogP contribution in [0.5, 0.6) is 0 Å². The molecule has 0 aliphatic carbocycles. The fourth-order valence-corrected chi connectivity index (χ4v) is 3.63. The summed E-state index contributed by atoms with van der Waals surface area (Å²) in [4.78, 5) is 15.7. The van der Waals surface area contributed by atoms with Crippen molar-refractivity contribution >= 4 is 22.4 Å². The molecule has 6 heteroatoms. The normalized spacial score (nSPS) is 14.6. The average molecular weight is 347 g/mol. The Labute approximate surface area is 150 Å². The van der Waals surface area contributed by atoms with Crippen LogP contribution in [0, 0.1) is 12.7 Å². The average Bonchev–Trinajstić information content (AvgIpc) is 3.30. The molecule has 26 heavy (non-hydrogen) atoms. The van der Waals surface area contributed by atoms with Crippen LogP contribution < -0.4 is 4.90 Å². The van der Waals surface area contributed by atoms with Crippen molar-refractivity contribution < 1.29 is 4.39 Å². The van der Waals surface area contributed by atoms with Crippen LogP contribution in [0.25, 0.3) is 27.9 Å². The summed E-state index contributed by atoms with van der Waals surface area (Å²) < 4.78 is 16.1. The number of rotatable bonds is 2. The van der Waals surface area contributed by atoms with E-state index in [1.807, 2.05) is 37.6 Å². The van der Waals surface area contributed by atoms with Crippen molar-refractivity contribution in [3.63, 3.8) is 0 Å². The molecule has 0 saturated carbocycles. The van der Waals surface area contributed by atoms with E-state index in [9.17, 15) is 4.39 Å². The lowest BCUT2D eigenvalue weighted by atomic mass is 10.1. The van der Waals surface area contributed by atoms with Gasteiger partial charge in [0, 0.05) is 36.4 Å². The molecule has 0 amide bonds. The third-order valence-electron chi connectivity index (χ3n) is 4.92. The van der Waals surface area contributed by atoms with Crippen molar-refractivity contribution in [3.8, 4) is 11.3 Å². The van der Waals surface area contributed by atoms with E-state index in [-0.39, 0.29) is 5.82 Å². The quantitative estimate of drug-likeness (QED) is 0.550. The Hall–Kier alpha value is -3.02. The van der Waals surface area contributed by atoms with Crippen molar-refractivity contribution in [2.75, 3.05) is 18.0 Å². The highest BCUT2D eigenvalue weighted by Gasteiger charge is 2.14. The predicted octanol–water partition coefficient (Wildman–Crippen LogP) is 3.99. The van der Waals surface area contributed by atoms with Crippen molar-refractivity contribution in [1.82, 2.24) is 19.4 Å². The second kappa shape index (κ2) is 5.76. The molecule has 1 fully saturated rings. The van der Waals surface area contributed by atoms with Gasteiger partial charge in [0.05, 0.1) is 23.3 Å². The summed E-state index contributed by atoms with van der Waals surface area (Å²) in [5.74, 6) is -0.352. The van der Waals surface area contributed by atoms with E-state index in [0.29, 0.717) is 22.6 Å². The zero-order chi connectivity index (χ0) is 17.7. The number of aromatic nitrogens is 4. The van der Waals surface area contributed by atoms with E-state index in [1.54, 1.807) is 4.40 Å². The lowest BCUT2D eigenvalue weighted by molar-refractivity contribution is 0.630. The Balaban J connectivity index is 1.58. The molecular formula is C20H18FN5. The summed E-state index contributed by atoms with van der Waals surface area (Å²) in [6.45, 7) is 4.02. The highest BCUT2D eigenvalue weighted by atomic mass is 19.1. The van der Waals surface area contributed by atoms with Gasteiger partial charge < -0.3 is 9.30 Å². The van der Waals surface area contributed by atoms with Gasteiger partial charge in [0.1, 0.15) is 0 Å². The summed E-state index contributed by atoms with van der Waals surface area (Å²) in [6.07, 6.45) is 8.01. The predicted molar refractivity (Wildman–Crippen MR) is 99.9 cm³/mol. The number of nitrogens with zero attached hydrogens (tertiary/aromatic N) is 5. The number of hydrogen-bond acceptors (Lipinski definition) is 4. The third kappa shape index (κ3) is 2.49. The van der Waals surface area contributed by atoms with E-state index < -0.39 is 0 Å². The van der Waals surface area contributed by atoms with Crippen LogP contribution in [0.4, 0.5) is 10.1 Å². The number of pyridine rings is 3. The van der Waals surface area contributed by atoms with Gasteiger partial charge in [0.2, 0.25) is 0 Å². The molecule has 5 rings (SSSR count). The molecule has 0 spiro atoms. The lowest BCUT2D eigenvalue weighted by Gasteiger charge is -2.17. The molecule has 1 aliphatic heterocycles. The first-order chi connectivity index (χ1) is 12.7. The first-order valence-corrected chi connectivity index (χ1v) is 8.84. The molecule has 0 N–H and O–H groups in total. The Kier molecular flexibility index (Phi) is 3.38. The monoisotopic (exact) mass is 347 g/mol. The van der Waals surface area contributed by atoms with E-state index in [0.717, 1.165) is 29.9 Å². The van der Waals surface area contributed by atoms with Crippen LogP contribution in [0.2, 0.25) is 0 Å². The molecule has 0 atom stereocenters. The molecule has 5 heterocycles. The van der Waals surface area contributed by atoms with Gasteiger partial charge in [0.15, 0.2) is 17.1 Å². The molecule has 130 valence electrons. The van der Waals surface area contributed by atoms with E-state index in [2.05, 4.69) is 25.9 Å². The summed E-state index contributed by atoms with van der Waals surface area (Å²) in [5.41, 5.74) is 4.34. The van der Waals surface area contributed by atoms with Gasteiger partial charge in [-0.1, -0.05) is 0 Å². The first-order valence-electron chi connectivity index (χ1n) is 8.84. The zero-order valence-corrected chi connectivity index (χ0v) is 14.5. The smallest absolute Gasteiger partial charge is 0.173 e. The molecule has 0 aromatic carbocycles. The molecule has 4 aromatic heterocycles. The van der Waals surface area contributed by atoms with Crippen LogP contribution in [0.3, 0.4) is 0 Å². The van der Waals surface area contributed by atoms with Crippen LogP contribution in [0.15, 0.2) is 42.9 Å². The Morgan fingerprint density at radius 1 is 1.04 bits per heavy atom. The first kappa shape index (κ1) is 15.3. The molecular weight excluding hydrogens is 329 g/mol. The molecule has 0 radical (unpaired) electrons. The van der Waals surface area contributed by atoms with Gasteiger partial charge in [-0.2, -0.15) is 0 Å². The van der Waals surface area contributed by atoms with Gasteiger partial charge in [-0.15, -0.1) is 0 Å². The maximum Gasteiger partial charge on any atom is 0.173 e. The molecule has 1 aliphatic rings. The van der Waals surface area contributed by atoms with Crippen LogP contribution in [0.1, 0.15) is 18.5 Å². The van der Waals surface area contributed by atoms with Gasteiger partial charge >= 0.3 is 0 Å². The second-order valence-electron chi connectivity index (χ2n) is 6.82. The van der Waals surface area contributed by atoms with Gasteiger partial charge in [-0.05, 0) is 44.0 Å². The SMILES string of the molecule is Cc1cn2cc(-c3ccc4cc(N5CCCC5)cnc4n3)cc(F)c2n1. The standard InChI is InChI=1S/C20H18FN5/c1-13-11-26-12-15(9-17(21)20(26)23-13)18-5-4-14-8-16(10-22-19(14)24-18)25-6-2-3-7-25/h4-5,8-12H,2-3,6-7H2,1H3. The molecule has 0 unspecified atom stereocenters. The molecule has 5 nitrogen and oxygen atoms in total. The largest absolute Gasteiger partial charge is 0.370 e. The highest BCUT2D eigenvalue weighted by molar-refractivity contribution is 5.81. The van der Waals surface area contributed by atoms with Crippen molar-refractivity contribution in [1.29, 1.82) is 0 Å². The van der Waals surface area contributed by atoms with Crippen LogP contribution in [-0.2, 0) is 0 Å². The third-order valence-corrected chi connectivity index (χ3v) is 4.92. The molecule has 1 saturated heterocycles. The van der Waals surface area contributed by atoms with Crippen molar-refractivity contribution in [2.24, 2.45) is 0 Å². The minimum absolute atomic E-state index is 0.334. The number of hydrogen-bond donors (Lipinski definition) is 0. The van der Waals surface area contributed by atoms with Crippen molar-refractivity contribution in [2.45, 2.75) is 19.8 Å². The lowest BCUT2D eigenvalue weighted by Crippen LogP contribution is -2.17. The maximum absolute atomic E-state index is 14.4. The van der Waals surface area contributed by atoms with E-state index >= 15 is 0 Å². The summed E-state index contributed by atoms with van der Waals surface area (Å²) >= 11 is 0. The van der Waals surface area contributed by atoms with E-state index in [4.69, 9.17) is 0 Å². The fraction of sp³-hybridized carbons (Fsp3) is 0.250. The van der Waals surface area contributed by atoms with Crippen LogP contribution in [-0.4, -0.2) is 32.4 Å². The van der Waals surface area contributed by atoms with Gasteiger partial charge in [-0.25, -0.2) is 19.3 Å². The minimum atomic E-state index is -0.352.